The highest BCUT2D eigenvalue weighted by Gasteiger charge is 2.23. The minimum absolute atomic E-state index is 0.393. The monoisotopic (exact) mass is 358 g/mol. The first-order chi connectivity index (χ1) is 8.20. The van der Waals surface area contributed by atoms with Crippen molar-refractivity contribution in [2.45, 2.75) is 26.0 Å². The quantitative estimate of drug-likeness (QED) is 0.768. The van der Waals surface area contributed by atoms with E-state index in [1.165, 1.54) is 5.52 Å². The molecule has 0 spiro atoms. The lowest BCUT2D eigenvalue weighted by molar-refractivity contribution is 0.0554. The summed E-state index contributed by atoms with van der Waals surface area (Å²) in [6, 6.07) is 4.55. The van der Waals surface area contributed by atoms with E-state index in [0.717, 1.165) is 33.3 Å². The summed E-state index contributed by atoms with van der Waals surface area (Å²) < 4.78 is 10.00. The minimum Gasteiger partial charge on any atom is -0.371 e. The molecule has 1 atom stereocenters. The van der Waals surface area contributed by atoms with E-state index in [9.17, 15) is 0 Å². The highest BCUT2D eigenvalue weighted by atomic mass is 79.9. The van der Waals surface area contributed by atoms with Crippen LogP contribution < -0.4 is 0 Å². The Morgan fingerprint density at radius 3 is 3.06 bits per heavy atom. The van der Waals surface area contributed by atoms with Crippen molar-refractivity contribution in [2.24, 2.45) is 0 Å². The van der Waals surface area contributed by atoms with Gasteiger partial charge in [0.2, 0.25) is 0 Å². The van der Waals surface area contributed by atoms with E-state index in [0.29, 0.717) is 12.6 Å². The molecule has 0 saturated heterocycles. The van der Waals surface area contributed by atoms with E-state index in [-0.39, 0.29) is 0 Å². The number of benzene rings is 1. The van der Waals surface area contributed by atoms with Gasteiger partial charge >= 0.3 is 0 Å². The van der Waals surface area contributed by atoms with Gasteiger partial charge in [0.05, 0.1) is 18.2 Å². The first kappa shape index (κ1) is 11.7. The number of aromatic nitrogens is 2. The van der Waals surface area contributed by atoms with E-state index < -0.39 is 0 Å². The second kappa shape index (κ2) is 4.37. The van der Waals surface area contributed by atoms with E-state index in [2.05, 4.69) is 54.4 Å². The van der Waals surface area contributed by atoms with Crippen LogP contribution in [0.15, 0.2) is 21.1 Å². The molecule has 2 heterocycles. The van der Waals surface area contributed by atoms with E-state index in [1.54, 1.807) is 0 Å². The summed E-state index contributed by atoms with van der Waals surface area (Å²) in [5.74, 6) is 1.02. The Bertz CT molecular complexity index is 579. The second-order valence-electron chi connectivity index (χ2n) is 4.23. The first-order valence-electron chi connectivity index (χ1n) is 5.64. The first-order valence-corrected chi connectivity index (χ1v) is 7.23. The number of rotatable bonds is 1. The molecule has 3 nitrogen and oxygen atoms in total. The zero-order chi connectivity index (χ0) is 12.0. The normalized spacial score (nSPS) is 19.6. The van der Waals surface area contributed by atoms with Crippen LogP contribution in [0.5, 0.6) is 0 Å². The summed E-state index contributed by atoms with van der Waals surface area (Å²) in [5.41, 5.74) is 2.20. The fourth-order valence-electron chi connectivity index (χ4n) is 2.34. The average Bonchev–Trinajstić information content (AvgIpc) is 2.68. The Kier molecular flexibility index (Phi) is 3.00. The van der Waals surface area contributed by atoms with Crippen molar-refractivity contribution in [3.05, 3.63) is 26.9 Å². The molecule has 1 aliphatic rings. The largest absolute Gasteiger partial charge is 0.371 e. The lowest BCUT2D eigenvalue weighted by atomic mass is 10.2. The molecule has 0 fully saturated rings. The van der Waals surface area contributed by atoms with Crippen molar-refractivity contribution < 1.29 is 4.74 Å². The van der Waals surface area contributed by atoms with Gasteiger partial charge in [-0.25, -0.2) is 4.98 Å². The van der Waals surface area contributed by atoms with Crippen LogP contribution in [0.1, 0.15) is 25.2 Å². The number of ether oxygens (including phenoxy) is 1. The van der Waals surface area contributed by atoms with Gasteiger partial charge < -0.3 is 9.30 Å². The van der Waals surface area contributed by atoms with Crippen molar-refractivity contribution in [1.29, 1.82) is 0 Å². The molecule has 0 N–H and O–H groups in total. The summed E-state index contributed by atoms with van der Waals surface area (Å²) in [5, 5.41) is 0. The fourth-order valence-corrected chi connectivity index (χ4v) is 3.63. The van der Waals surface area contributed by atoms with Gasteiger partial charge in [0.25, 0.3) is 0 Å². The number of hydrogen-bond donors (Lipinski definition) is 0. The zero-order valence-corrected chi connectivity index (χ0v) is 12.6. The lowest BCUT2D eigenvalue weighted by Crippen LogP contribution is -2.23. The van der Waals surface area contributed by atoms with Gasteiger partial charge in [0.1, 0.15) is 17.9 Å². The number of imidazole rings is 1. The van der Waals surface area contributed by atoms with Crippen LogP contribution in [0, 0.1) is 0 Å². The third-order valence-corrected chi connectivity index (χ3v) is 4.23. The summed E-state index contributed by atoms with van der Waals surface area (Å²) in [6.07, 6.45) is 1.06. The average molecular weight is 360 g/mol. The Morgan fingerprint density at radius 1 is 1.47 bits per heavy atom. The van der Waals surface area contributed by atoms with Crippen molar-refractivity contribution in [3.8, 4) is 0 Å². The molecular formula is C12H12Br2N2O. The van der Waals surface area contributed by atoms with Gasteiger partial charge in [-0.15, -0.1) is 0 Å². The topological polar surface area (TPSA) is 27.1 Å². The number of fused-ring (bicyclic) bond motifs is 3. The maximum Gasteiger partial charge on any atom is 0.136 e. The molecule has 1 unspecified atom stereocenters. The molecule has 0 amide bonds. The number of hydrogen-bond acceptors (Lipinski definition) is 2. The zero-order valence-electron chi connectivity index (χ0n) is 9.41. The van der Waals surface area contributed by atoms with Crippen LogP contribution in [-0.2, 0) is 11.3 Å². The summed E-state index contributed by atoms with van der Waals surface area (Å²) in [6.45, 7) is 3.57. The van der Waals surface area contributed by atoms with Crippen LogP contribution >= 0.6 is 31.9 Å². The molecule has 0 aliphatic carbocycles. The van der Waals surface area contributed by atoms with Gasteiger partial charge in [-0.3, -0.25) is 0 Å². The number of halogens is 2. The van der Waals surface area contributed by atoms with Gasteiger partial charge in [-0.2, -0.15) is 0 Å². The Hall–Kier alpha value is -0.390. The second-order valence-corrected chi connectivity index (χ2v) is 6.00. The van der Waals surface area contributed by atoms with Gasteiger partial charge in [-0.05, 0) is 34.5 Å². The molecule has 0 saturated carbocycles. The molecule has 5 heteroatoms. The predicted octanol–water partition coefficient (Wildman–Crippen LogP) is 4.04. The molecule has 3 rings (SSSR count). The Labute approximate surface area is 116 Å². The fraction of sp³-hybridized carbons (Fsp3) is 0.417. The third kappa shape index (κ3) is 1.84. The lowest BCUT2D eigenvalue weighted by Gasteiger charge is -2.25. The third-order valence-electron chi connectivity index (χ3n) is 3.16. The Morgan fingerprint density at radius 2 is 2.29 bits per heavy atom. The van der Waals surface area contributed by atoms with Crippen LogP contribution in [-0.4, -0.2) is 16.2 Å². The standard InChI is InChI=1S/C12H12Br2N2O/c1-2-8-5-17-6-11-15-12-9(14)3-7(13)4-10(12)16(8)11/h3-4,8H,2,5-6H2,1H3. The van der Waals surface area contributed by atoms with Crippen molar-refractivity contribution in [2.75, 3.05) is 6.61 Å². The van der Waals surface area contributed by atoms with Crippen LogP contribution in [0.4, 0.5) is 0 Å². The molecule has 2 aromatic rings. The Balaban J connectivity index is 2.32. The van der Waals surface area contributed by atoms with Gasteiger partial charge in [0, 0.05) is 8.95 Å². The molecule has 1 aliphatic heterocycles. The van der Waals surface area contributed by atoms with E-state index in [4.69, 9.17) is 4.74 Å². The predicted molar refractivity (Wildman–Crippen MR) is 74.1 cm³/mol. The molecular weight excluding hydrogens is 348 g/mol. The summed E-state index contributed by atoms with van der Waals surface area (Å²) in [4.78, 5) is 4.66. The highest BCUT2D eigenvalue weighted by molar-refractivity contribution is 9.11. The number of nitrogens with zero attached hydrogens (tertiary/aromatic N) is 2. The molecule has 1 aromatic carbocycles. The maximum atomic E-state index is 5.59. The van der Waals surface area contributed by atoms with Gasteiger partial charge in [0.15, 0.2) is 0 Å². The summed E-state index contributed by atoms with van der Waals surface area (Å²) >= 11 is 7.10. The minimum atomic E-state index is 0.393. The van der Waals surface area contributed by atoms with Gasteiger partial charge in [-0.1, -0.05) is 22.9 Å². The summed E-state index contributed by atoms with van der Waals surface area (Å²) in [7, 11) is 0. The SMILES string of the molecule is CCC1COCc2nc3c(Br)cc(Br)cc3n21. The van der Waals surface area contributed by atoms with E-state index in [1.807, 2.05) is 6.07 Å². The van der Waals surface area contributed by atoms with Crippen molar-refractivity contribution in [3.63, 3.8) is 0 Å². The smallest absolute Gasteiger partial charge is 0.136 e. The van der Waals surface area contributed by atoms with Crippen LogP contribution in [0.2, 0.25) is 0 Å². The molecule has 90 valence electrons. The van der Waals surface area contributed by atoms with E-state index >= 15 is 0 Å². The van der Waals surface area contributed by atoms with Crippen molar-refractivity contribution in [1.82, 2.24) is 9.55 Å². The maximum absolute atomic E-state index is 5.59. The van der Waals surface area contributed by atoms with Crippen LogP contribution in [0.25, 0.3) is 11.0 Å². The molecule has 1 aromatic heterocycles. The molecule has 0 radical (unpaired) electrons. The van der Waals surface area contributed by atoms with Crippen LogP contribution in [0.3, 0.4) is 0 Å². The highest BCUT2D eigenvalue weighted by Crippen LogP contribution is 2.33. The molecule has 0 bridgehead atoms. The van der Waals surface area contributed by atoms with Crippen molar-refractivity contribution >= 4 is 42.9 Å². The molecule has 17 heavy (non-hydrogen) atoms.